The number of hydrogen-bond acceptors (Lipinski definition) is 4. The van der Waals surface area contributed by atoms with Gasteiger partial charge < -0.3 is 4.90 Å². The third-order valence-electron chi connectivity index (χ3n) is 2.70. The van der Waals surface area contributed by atoms with Gasteiger partial charge in [0, 0.05) is 31.4 Å². The first kappa shape index (κ1) is 14.3. The van der Waals surface area contributed by atoms with Crippen molar-refractivity contribution in [3.63, 3.8) is 0 Å². The summed E-state index contributed by atoms with van der Waals surface area (Å²) >= 11 is 5.96. The van der Waals surface area contributed by atoms with Crippen LogP contribution in [0, 0.1) is 6.92 Å². The molecule has 5 nitrogen and oxygen atoms in total. The Morgan fingerprint density at radius 3 is 2.80 bits per heavy atom. The molecule has 0 atom stereocenters. The molecule has 104 valence electrons. The molecular formula is C14H15ClN4O. The van der Waals surface area contributed by atoms with Crippen molar-refractivity contribution in [3.8, 4) is 5.69 Å². The number of benzene rings is 1. The van der Waals surface area contributed by atoms with Crippen LogP contribution in [0.3, 0.4) is 0 Å². The summed E-state index contributed by atoms with van der Waals surface area (Å²) in [5, 5.41) is 8.57. The Morgan fingerprint density at radius 1 is 1.40 bits per heavy atom. The van der Waals surface area contributed by atoms with Gasteiger partial charge in [-0.25, -0.2) is 4.68 Å². The van der Waals surface area contributed by atoms with E-state index in [1.165, 1.54) is 6.08 Å². The quantitative estimate of drug-likeness (QED) is 0.641. The molecule has 1 aromatic heterocycles. The zero-order chi connectivity index (χ0) is 14.7. The van der Waals surface area contributed by atoms with Crippen LogP contribution in [0.5, 0.6) is 0 Å². The molecule has 0 saturated carbocycles. The molecule has 0 aliphatic heterocycles. The minimum Gasteiger partial charge on any atom is -0.383 e. The summed E-state index contributed by atoms with van der Waals surface area (Å²) in [6, 6.07) is 7.24. The average Bonchev–Trinajstić information content (AvgIpc) is 2.78. The fourth-order valence-corrected chi connectivity index (χ4v) is 1.89. The fraction of sp³-hybridized carbons (Fsp3) is 0.214. The lowest BCUT2D eigenvalue weighted by atomic mass is 10.2. The number of carbonyl (C=O) groups is 1. The summed E-state index contributed by atoms with van der Waals surface area (Å²) in [5.74, 6) is -0.176. The van der Waals surface area contributed by atoms with Crippen molar-refractivity contribution in [1.29, 1.82) is 0 Å². The number of aromatic nitrogens is 3. The Labute approximate surface area is 122 Å². The zero-order valence-corrected chi connectivity index (χ0v) is 12.3. The maximum absolute atomic E-state index is 12.0. The second-order valence-electron chi connectivity index (χ2n) is 4.56. The van der Waals surface area contributed by atoms with Crippen LogP contribution in [-0.4, -0.2) is 39.8 Å². The maximum atomic E-state index is 12.0. The highest BCUT2D eigenvalue weighted by Gasteiger charge is 2.15. The molecule has 20 heavy (non-hydrogen) atoms. The van der Waals surface area contributed by atoms with Gasteiger partial charge in [0.2, 0.25) is 5.78 Å². The van der Waals surface area contributed by atoms with Gasteiger partial charge in [-0.2, -0.15) is 0 Å². The molecule has 0 saturated heterocycles. The number of allylic oxidation sites excluding steroid dienone is 1. The van der Waals surface area contributed by atoms with Crippen molar-refractivity contribution < 1.29 is 4.79 Å². The second kappa shape index (κ2) is 5.88. The standard InChI is InChI=1S/C14H15ClN4O/c1-10-14(13(20)7-8-18(2)3)16-17-19(10)12-6-4-5-11(15)9-12/h4-9H,1-3H3. The van der Waals surface area contributed by atoms with Gasteiger partial charge in [0.1, 0.15) is 0 Å². The van der Waals surface area contributed by atoms with Crippen LogP contribution < -0.4 is 0 Å². The van der Waals surface area contributed by atoms with Crippen molar-refractivity contribution >= 4 is 17.4 Å². The van der Waals surface area contributed by atoms with Gasteiger partial charge in [-0.05, 0) is 25.1 Å². The van der Waals surface area contributed by atoms with E-state index in [0.29, 0.717) is 16.4 Å². The van der Waals surface area contributed by atoms with Crippen LogP contribution in [0.4, 0.5) is 0 Å². The monoisotopic (exact) mass is 290 g/mol. The fourth-order valence-electron chi connectivity index (χ4n) is 1.71. The van der Waals surface area contributed by atoms with Crippen LogP contribution in [0.25, 0.3) is 5.69 Å². The molecule has 0 bridgehead atoms. The number of ketones is 1. The first-order valence-corrected chi connectivity index (χ1v) is 6.44. The number of carbonyl (C=O) groups excluding carboxylic acids is 1. The summed E-state index contributed by atoms with van der Waals surface area (Å²) in [5.41, 5.74) is 1.79. The van der Waals surface area contributed by atoms with Crippen molar-refractivity contribution in [2.75, 3.05) is 14.1 Å². The summed E-state index contributed by atoms with van der Waals surface area (Å²) in [7, 11) is 3.69. The third kappa shape index (κ3) is 3.05. The molecule has 0 radical (unpaired) electrons. The number of hydrogen-bond donors (Lipinski definition) is 0. The molecule has 6 heteroatoms. The molecule has 1 aromatic carbocycles. The molecule has 0 aliphatic rings. The van der Waals surface area contributed by atoms with Gasteiger partial charge in [0.25, 0.3) is 0 Å². The van der Waals surface area contributed by atoms with Crippen LogP contribution in [0.1, 0.15) is 16.2 Å². The van der Waals surface area contributed by atoms with E-state index in [1.807, 2.05) is 26.2 Å². The van der Waals surface area contributed by atoms with E-state index in [2.05, 4.69) is 10.3 Å². The Morgan fingerprint density at radius 2 is 2.15 bits per heavy atom. The van der Waals surface area contributed by atoms with Crippen molar-refractivity contribution in [2.24, 2.45) is 0 Å². The smallest absolute Gasteiger partial charge is 0.209 e. The van der Waals surface area contributed by atoms with E-state index in [1.54, 1.807) is 34.8 Å². The molecule has 0 fully saturated rings. The zero-order valence-electron chi connectivity index (χ0n) is 11.5. The summed E-state index contributed by atoms with van der Waals surface area (Å²) in [6.07, 6.45) is 3.15. The number of rotatable bonds is 4. The third-order valence-corrected chi connectivity index (χ3v) is 2.94. The van der Waals surface area contributed by atoms with Crippen LogP contribution in [0.2, 0.25) is 5.02 Å². The lowest BCUT2D eigenvalue weighted by Crippen LogP contribution is -2.05. The largest absolute Gasteiger partial charge is 0.383 e. The number of nitrogens with zero attached hydrogens (tertiary/aromatic N) is 4. The van der Waals surface area contributed by atoms with E-state index in [0.717, 1.165) is 5.69 Å². The van der Waals surface area contributed by atoms with Crippen molar-refractivity contribution in [2.45, 2.75) is 6.92 Å². The predicted molar refractivity (Wildman–Crippen MR) is 78.3 cm³/mol. The van der Waals surface area contributed by atoms with Gasteiger partial charge in [-0.15, -0.1) is 5.10 Å². The lowest BCUT2D eigenvalue weighted by Gasteiger charge is -2.04. The molecule has 0 spiro atoms. The van der Waals surface area contributed by atoms with Crippen molar-refractivity contribution in [1.82, 2.24) is 19.9 Å². The highest BCUT2D eigenvalue weighted by molar-refractivity contribution is 6.30. The van der Waals surface area contributed by atoms with E-state index in [4.69, 9.17) is 11.6 Å². The molecule has 0 aliphatic carbocycles. The minimum absolute atomic E-state index is 0.176. The first-order valence-electron chi connectivity index (χ1n) is 6.06. The highest BCUT2D eigenvalue weighted by Crippen LogP contribution is 2.17. The SMILES string of the molecule is Cc1c(C(=O)C=CN(C)C)nnn1-c1cccc(Cl)c1. The van der Waals surface area contributed by atoms with E-state index in [-0.39, 0.29) is 5.78 Å². The minimum atomic E-state index is -0.176. The molecule has 1 heterocycles. The first-order chi connectivity index (χ1) is 9.49. The summed E-state index contributed by atoms with van der Waals surface area (Å²) in [4.78, 5) is 13.8. The lowest BCUT2D eigenvalue weighted by molar-refractivity contribution is 0.104. The Hall–Kier alpha value is -2.14. The number of halogens is 1. The second-order valence-corrected chi connectivity index (χ2v) is 5.00. The van der Waals surface area contributed by atoms with Gasteiger partial charge in [0.05, 0.1) is 11.4 Å². The van der Waals surface area contributed by atoms with E-state index < -0.39 is 0 Å². The Bertz CT molecular complexity index is 661. The molecule has 2 aromatic rings. The normalized spacial score (nSPS) is 11.0. The van der Waals surface area contributed by atoms with Gasteiger partial charge in [-0.1, -0.05) is 22.9 Å². The summed E-state index contributed by atoms with van der Waals surface area (Å²) < 4.78 is 1.60. The molecule has 0 amide bonds. The molecule has 0 unspecified atom stereocenters. The molecule has 2 rings (SSSR count). The predicted octanol–water partition coefficient (Wildman–Crippen LogP) is 2.49. The maximum Gasteiger partial charge on any atom is 0.209 e. The molecular weight excluding hydrogens is 276 g/mol. The van der Waals surface area contributed by atoms with Crippen molar-refractivity contribution in [3.05, 3.63) is 53.0 Å². The average molecular weight is 291 g/mol. The topological polar surface area (TPSA) is 51.0 Å². The van der Waals surface area contributed by atoms with Crippen LogP contribution in [0.15, 0.2) is 36.5 Å². The Balaban J connectivity index is 2.34. The van der Waals surface area contributed by atoms with Crippen LogP contribution >= 0.6 is 11.6 Å². The summed E-state index contributed by atoms with van der Waals surface area (Å²) in [6.45, 7) is 1.80. The van der Waals surface area contributed by atoms with E-state index in [9.17, 15) is 4.79 Å². The van der Waals surface area contributed by atoms with E-state index >= 15 is 0 Å². The van der Waals surface area contributed by atoms with Gasteiger partial charge >= 0.3 is 0 Å². The Kier molecular flexibility index (Phi) is 4.20. The highest BCUT2D eigenvalue weighted by atomic mass is 35.5. The van der Waals surface area contributed by atoms with Gasteiger partial charge in [-0.3, -0.25) is 4.79 Å². The van der Waals surface area contributed by atoms with Gasteiger partial charge in [0.15, 0.2) is 5.69 Å². The molecule has 0 N–H and O–H groups in total. The van der Waals surface area contributed by atoms with Crippen LogP contribution in [-0.2, 0) is 0 Å².